The van der Waals surface area contributed by atoms with Crippen LogP contribution in [-0.2, 0) is 13.1 Å². The zero-order valence-electron chi connectivity index (χ0n) is 6.00. The summed E-state index contributed by atoms with van der Waals surface area (Å²) in [6.45, 7) is 5.22. The van der Waals surface area contributed by atoms with Gasteiger partial charge < -0.3 is 4.52 Å². The highest BCUT2D eigenvalue weighted by atomic mass is 16.5. The number of nitrogens with zero attached hydrogens (tertiary/aromatic N) is 2. The van der Waals surface area contributed by atoms with E-state index < -0.39 is 0 Å². The molecule has 3 nitrogen and oxygen atoms in total. The topological polar surface area (TPSA) is 29.3 Å². The van der Waals surface area contributed by atoms with Gasteiger partial charge in [-0.15, -0.1) is 0 Å². The van der Waals surface area contributed by atoms with E-state index in [1.807, 2.05) is 0 Å². The lowest BCUT2D eigenvalue weighted by Gasteiger charge is -2.09. The molecule has 0 aromatic carbocycles. The second-order valence-electron chi connectivity index (χ2n) is 2.59. The van der Waals surface area contributed by atoms with E-state index in [0.717, 1.165) is 25.3 Å². The van der Waals surface area contributed by atoms with Crippen LogP contribution < -0.4 is 0 Å². The highest BCUT2D eigenvalue weighted by molar-refractivity contribution is 5.18. The quantitative estimate of drug-likeness (QED) is 0.580. The van der Waals surface area contributed by atoms with Crippen LogP contribution in [0.1, 0.15) is 18.2 Å². The van der Waals surface area contributed by atoms with Crippen LogP contribution in [0.15, 0.2) is 10.8 Å². The molecule has 1 aliphatic heterocycles. The van der Waals surface area contributed by atoms with Crippen molar-refractivity contribution < 1.29 is 4.52 Å². The Hall–Kier alpha value is -0.830. The van der Waals surface area contributed by atoms with E-state index in [2.05, 4.69) is 17.0 Å². The van der Waals surface area contributed by atoms with Gasteiger partial charge in [-0.05, 0) is 6.54 Å². The Morgan fingerprint density at radius 3 is 3.30 bits per heavy atom. The fourth-order valence-corrected chi connectivity index (χ4v) is 1.27. The largest absolute Gasteiger partial charge is 0.364 e. The van der Waals surface area contributed by atoms with Gasteiger partial charge in [0, 0.05) is 18.7 Å². The van der Waals surface area contributed by atoms with Crippen molar-refractivity contribution >= 4 is 0 Å². The van der Waals surface area contributed by atoms with Crippen LogP contribution in [-0.4, -0.2) is 16.6 Å². The molecule has 10 heavy (non-hydrogen) atoms. The van der Waals surface area contributed by atoms with Gasteiger partial charge in [-0.2, -0.15) is 0 Å². The van der Waals surface area contributed by atoms with Gasteiger partial charge in [-0.3, -0.25) is 4.90 Å². The Morgan fingerprint density at radius 2 is 2.60 bits per heavy atom. The van der Waals surface area contributed by atoms with Gasteiger partial charge >= 0.3 is 0 Å². The van der Waals surface area contributed by atoms with E-state index in [1.165, 1.54) is 5.56 Å². The normalized spacial score (nSPS) is 17.7. The van der Waals surface area contributed by atoms with Gasteiger partial charge in [-0.25, -0.2) is 0 Å². The lowest BCUT2D eigenvalue weighted by atomic mass is 10.3. The lowest BCUT2D eigenvalue weighted by molar-refractivity contribution is 0.282. The first kappa shape index (κ1) is 5.92. The number of aromatic nitrogens is 1. The maximum atomic E-state index is 4.80. The molecule has 1 aliphatic rings. The molecule has 0 atom stereocenters. The smallest absolute Gasteiger partial charge is 0.128 e. The van der Waals surface area contributed by atoms with Crippen LogP contribution in [0.5, 0.6) is 0 Å². The van der Waals surface area contributed by atoms with E-state index >= 15 is 0 Å². The Kier molecular flexibility index (Phi) is 1.24. The Morgan fingerprint density at radius 1 is 1.70 bits per heavy atom. The average molecular weight is 138 g/mol. The van der Waals surface area contributed by atoms with Gasteiger partial charge in [0.25, 0.3) is 0 Å². The first-order valence-electron chi connectivity index (χ1n) is 3.54. The Bertz CT molecular complexity index is 211. The minimum atomic E-state index is 0.961. The zero-order chi connectivity index (χ0) is 6.97. The molecule has 2 rings (SSSR count). The van der Waals surface area contributed by atoms with Gasteiger partial charge in [-0.1, -0.05) is 12.1 Å². The molecule has 0 amide bonds. The summed E-state index contributed by atoms with van der Waals surface area (Å²) in [5.74, 6) is 0. The van der Waals surface area contributed by atoms with Crippen LogP contribution in [0.25, 0.3) is 0 Å². The molecule has 3 heteroatoms. The molecule has 0 aliphatic carbocycles. The van der Waals surface area contributed by atoms with E-state index in [-0.39, 0.29) is 0 Å². The fourth-order valence-electron chi connectivity index (χ4n) is 1.27. The van der Waals surface area contributed by atoms with E-state index in [9.17, 15) is 0 Å². The van der Waals surface area contributed by atoms with E-state index in [4.69, 9.17) is 4.52 Å². The first-order valence-corrected chi connectivity index (χ1v) is 3.54. The molecular weight excluding hydrogens is 128 g/mol. The zero-order valence-corrected chi connectivity index (χ0v) is 6.00. The molecule has 2 heterocycles. The first-order chi connectivity index (χ1) is 4.90. The van der Waals surface area contributed by atoms with E-state index in [1.54, 1.807) is 6.26 Å². The molecular formula is C7H10N2O. The number of hydrogen-bond donors (Lipinski definition) is 0. The number of hydrogen-bond acceptors (Lipinski definition) is 3. The maximum absolute atomic E-state index is 4.80. The molecule has 0 fully saturated rings. The van der Waals surface area contributed by atoms with Crippen LogP contribution in [0.3, 0.4) is 0 Å². The second kappa shape index (κ2) is 2.09. The molecule has 1 aromatic rings. The summed E-state index contributed by atoms with van der Waals surface area (Å²) >= 11 is 0. The number of rotatable bonds is 1. The summed E-state index contributed by atoms with van der Waals surface area (Å²) in [5.41, 5.74) is 2.36. The third kappa shape index (κ3) is 0.743. The fraction of sp³-hybridized carbons (Fsp3) is 0.571. The van der Waals surface area contributed by atoms with Crippen LogP contribution in [0.2, 0.25) is 0 Å². The van der Waals surface area contributed by atoms with Crippen LogP contribution >= 0.6 is 0 Å². The molecule has 54 valence electrons. The van der Waals surface area contributed by atoms with Gasteiger partial charge in [0.05, 0.1) is 0 Å². The van der Waals surface area contributed by atoms with Crippen LogP contribution in [0.4, 0.5) is 0 Å². The average Bonchev–Trinajstić information content (AvgIpc) is 2.42. The van der Waals surface area contributed by atoms with Crippen molar-refractivity contribution in [3.63, 3.8) is 0 Å². The minimum Gasteiger partial charge on any atom is -0.364 e. The van der Waals surface area contributed by atoms with Crippen molar-refractivity contribution in [1.29, 1.82) is 0 Å². The monoisotopic (exact) mass is 138 g/mol. The molecule has 0 spiro atoms. The standard InChI is InChI=1S/C7H10N2O/c1-2-9-3-6-5-10-8-7(6)4-9/h5H,2-4H2,1H3. The highest BCUT2D eigenvalue weighted by Gasteiger charge is 2.20. The van der Waals surface area contributed by atoms with Crippen molar-refractivity contribution in [2.75, 3.05) is 6.54 Å². The SMILES string of the molecule is CCN1Cc2conc2C1. The van der Waals surface area contributed by atoms with Crippen molar-refractivity contribution in [3.8, 4) is 0 Å². The summed E-state index contributed by atoms with van der Waals surface area (Å²) in [7, 11) is 0. The summed E-state index contributed by atoms with van der Waals surface area (Å²) < 4.78 is 4.80. The highest BCUT2D eigenvalue weighted by Crippen LogP contribution is 2.19. The van der Waals surface area contributed by atoms with Crippen molar-refractivity contribution in [2.45, 2.75) is 20.0 Å². The molecule has 0 unspecified atom stereocenters. The molecule has 0 radical (unpaired) electrons. The Labute approximate surface area is 59.6 Å². The molecule has 0 saturated carbocycles. The number of fused-ring (bicyclic) bond motifs is 1. The predicted octanol–water partition coefficient (Wildman–Crippen LogP) is 1.01. The van der Waals surface area contributed by atoms with Crippen LogP contribution in [0, 0.1) is 0 Å². The molecule has 0 saturated heterocycles. The van der Waals surface area contributed by atoms with Crippen molar-refractivity contribution in [2.24, 2.45) is 0 Å². The van der Waals surface area contributed by atoms with Gasteiger partial charge in [0.2, 0.25) is 0 Å². The van der Waals surface area contributed by atoms with Crippen molar-refractivity contribution in [1.82, 2.24) is 10.1 Å². The molecule has 0 N–H and O–H groups in total. The lowest BCUT2D eigenvalue weighted by Crippen LogP contribution is -2.15. The maximum Gasteiger partial charge on any atom is 0.128 e. The van der Waals surface area contributed by atoms with Gasteiger partial charge in [0.1, 0.15) is 12.0 Å². The predicted molar refractivity (Wildman–Crippen MR) is 36.3 cm³/mol. The van der Waals surface area contributed by atoms with Gasteiger partial charge in [0.15, 0.2) is 0 Å². The van der Waals surface area contributed by atoms with Crippen molar-refractivity contribution in [3.05, 3.63) is 17.5 Å². The third-order valence-corrected chi connectivity index (χ3v) is 1.94. The third-order valence-electron chi connectivity index (χ3n) is 1.94. The summed E-state index contributed by atoms with van der Waals surface area (Å²) in [6, 6.07) is 0. The summed E-state index contributed by atoms with van der Waals surface area (Å²) in [4.78, 5) is 2.33. The van der Waals surface area contributed by atoms with E-state index in [0.29, 0.717) is 0 Å². The second-order valence-corrected chi connectivity index (χ2v) is 2.59. The molecule has 1 aromatic heterocycles. The summed E-state index contributed by atoms with van der Waals surface area (Å²) in [6.07, 6.45) is 1.74. The minimum absolute atomic E-state index is 0.961. The molecule has 0 bridgehead atoms. The Balaban J connectivity index is 2.21. The summed E-state index contributed by atoms with van der Waals surface area (Å²) in [5, 5.41) is 3.88.